The van der Waals surface area contributed by atoms with E-state index in [-0.39, 0.29) is 19.0 Å². The number of carbonyl (C=O) groups is 2. The van der Waals surface area contributed by atoms with E-state index in [4.69, 9.17) is 16.7 Å². The number of carboxylic acid groups (broad SMARTS) is 1. The predicted octanol–water partition coefficient (Wildman–Crippen LogP) is 2.53. The van der Waals surface area contributed by atoms with Crippen LogP contribution in [0.5, 0.6) is 0 Å². The first-order valence-corrected chi connectivity index (χ1v) is 9.02. The molecule has 2 aromatic rings. The number of halogens is 1. The zero-order chi connectivity index (χ0) is 18.6. The van der Waals surface area contributed by atoms with E-state index in [1.807, 2.05) is 18.2 Å². The SMILES string of the molecule is O=C(O)Cn1cc(CNC(=O)C2(c3cccc(Cl)c3)CCCCC2)nn1. The topological polar surface area (TPSA) is 97.1 Å². The number of carbonyl (C=O) groups excluding carboxylic acids is 1. The molecule has 1 fully saturated rings. The molecule has 0 spiro atoms. The van der Waals surface area contributed by atoms with Gasteiger partial charge in [0, 0.05) is 5.02 Å². The number of nitrogens with zero attached hydrogens (tertiary/aromatic N) is 3. The van der Waals surface area contributed by atoms with Crippen molar-refractivity contribution in [1.82, 2.24) is 20.3 Å². The number of hydrogen-bond donors (Lipinski definition) is 2. The average molecular weight is 377 g/mol. The van der Waals surface area contributed by atoms with Crippen LogP contribution in [0.1, 0.15) is 43.4 Å². The van der Waals surface area contributed by atoms with Crippen LogP contribution in [0.4, 0.5) is 0 Å². The van der Waals surface area contributed by atoms with E-state index in [1.54, 1.807) is 6.07 Å². The van der Waals surface area contributed by atoms with E-state index in [9.17, 15) is 9.59 Å². The van der Waals surface area contributed by atoms with Gasteiger partial charge >= 0.3 is 5.97 Å². The summed E-state index contributed by atoms with van der Waals surface area (Å²) < 4.78 is 1.23. The maximum atomic E-state index is 13.1. The predicted molar refractivity (Wildman–Crippen MR) is 95.7 cm³/mol. The summed E-state index contributed by atoms with van der Waals surface area (Å²) >= 11 is 6.15. The highest BCUT2D eigenvalue weighted by atomic mass is 35.5. The van der Waals surface area contributed by atoms with Crippen molar-refractivity contribution in [3.8, 4) is 0 Å². The Morgan fingerprint density at radius 3 is 2.73 bits per heavy atom. The minimum atomic E-state index is -0.993. The molecule has 1 amide bonds. The number of amides is 1. The van der Waals surface area contributed by atoms with Crippen LogP contribution < -0.4 is 5.32 Å². The van der Waals surface area contributed by atoms with Gasteiger partial charge in [-0.1, -0.05) is 48.2 Å². The summed E-state index contributed by atoms with van der Waals surface area (Å²) in [4.78, 5) is 23.8. The largest absolute Gasteiger partial charge is 0.480 e. The van der Waals surface area contributed by atoms with Crippen LogP contribution in [0.25, 0.3) is 0 Å². The van der Waals surface area contributed by atoms with Crippen LogP contribution in [0, 0.1) is 0 Å². The highest BCUT2D eigenvalue weighted by Gasteiger charge is 2.41. The molecule has 0 saturated heterocycles. The fourth-order valence-corrected chi connectivity index (χ4v) is 3.75. The fraction of sp³-hybridized carbons (Fsp3) is 0.444. The standard InChI is InChI=1S/C18H21ClN4O3/c19-14-6-4-5-13(9-14)18(7-2-1-3-8-18)17(26)20-10-15-11-23(22-21-15)12-16(24)25/h4-6,9,11H,1-3,7-8,10,12H2,(H,20,26)(H,24,25). The van der Waals surface area contributed by atoms with Gasteiger partial charge in [-0.25, -0.2) is 4.68 Å². The lowest BCUT2D eigenvalue weighted by molar-refractivity contribution is -0.138. The average Bonchev–Trinajstić information content (AvgIpc) is 3.07. The van der Waals surface area contributed by atoms with Gasteiger partial charge in [0.15, 0.2) is 0 Å². The zero-order valence-electron chi connectivity index (χ0n) is 14.3. The van der Waals surface area contributed by atoms with Gasteiger partial charge < -0.3 is 10.4 Å². The number of hydrogen-bond acceptors (Lipinski definition) is 4. The maximum Gasteiger partial charge on any atom is 0.325 e. The van der Waals surface area contributed by atoms with E-state index in [1.165, 1.54) is 10.9 Å². The number of aromatic nitrogens is 3. The molecule has 2 N–H and O–H groups in total. The molecule has 0 radical (unpaired) electrons. The molecule has 8 heteroatoms. The lowest BCUT2D eigenvalue weighted by atomic mass is 9.68. The Labute approximate surface area is 156 Å². The molecule has 0 unspecified atom stereocenters. The molecule has 0 bridgehead atoms. The van der Waals surface area contributed by atoms with Gasteiger partial charge in [-0.3, -0.25) is 9.59 Å². The summed E-state index contributed by atoms with van der Waals surface area (Å²) in [5.41, 5.74) is 0.883. The number of carboxylic acids is 1. The number of aliphatic carboxylic acids is 1. The number of rotatable bonds is 6. The third-order valence-electron chi connectivity index (χ3n) is 4.83. The minimum Gasteiger partial charge on any atom is -0.480 e. The van der Waals surface area contributed by atoms with Crippen molar-refractivity contribution >= 4 is 23.5 Å². The molecule has 0 aliphatic heterocycles. The quantitative estimate of drug-likeness (QED) is 0.807. The van der Waals surface area contributed by atoms with E-state index in [0.29, 0.717) is 10.7 Å². The van der Waals surface area contributed by atoms with Crippen LogP contribution in [0.3, 0.4) is 0 Å². The Morgan fingerprint density at radius 1 is 1.27 bits per heavy atom. The molecule has 1 aliphatic rings. The fourth-order valence-electron chi connectivity index (χ4n) is 3.56. The molecule has 1 heterocycles. The highest BCUT2D eigenvalue weighted by Crippen LogP contribution is 2.40. The molecule has 7 nitrogen and oxygen atoms in total. The van der Waals surface area contributed by atoms with Crippen molar-refractivity contribution in [2.45, 2.75) is 50.6 Å². The molecule has 1 aliphatic carbocycles. The smallest absolute Gasteiger partial charge is 0.325 e. The third kappa shape index (κ3) is 4.04. The van der Waals surface area contributed by atoms with Crippen molar-refractivity contribution in [3.63, 3.8) is 0 Å². The molecule has 3 rings (SSSR count). The van der Waals surface area contributed by atoms with Crippen molar-refractivity contribution in [3.05, 3.63) is 46.7 Å². The van der Waals surface area contributed by atoms with Crippen molar-refractivity contribution < 1.29 is 14.7 Å². The Hall–Kier alpha value is -2.41. The molecule has 138 valence electrons. The van der Waals surface area contributed by atoms with Gasteiger partial charge in [0.25, 0.3) is 0 Å². The van der Waals surface area contributed by atoms with Gasteiger partial charge in [0.1, 0.15) is 12.2 Å². The number of benzene rings is 1. The summed E-state index contributed by atoms with van der Waals surface area (Å²) in [6, 6.07) is 7.51. The third-order valence-corrected chi connectivity index (χ3v) is 5.07. The Bertz CT molecular complexity index is 799. The van der Waals surface area contributed by atoms with E-state index < -0.39 is 11.4 Å². The summed E-state index contributed by atoms with van der Waals surface area (Å²) in [6.45, 7) is -0.0475. The van der Waals surface area contributed by atoms with Gasteiger partial charge in [-0.15, -0.1) is 5.10 Å². The molecule has 1 aromatic carbocycles. The van der Waals surface area contributed by atoms with E-state index in [0.717, 1.165) is 37.7 Å². The summed E-state index contributed by atoms with van der Waals surface area (Å²) in [5, 5.41) is 20.0. The van der Waals surface area contributed by atoms with Gasteiger partial charge in [0.05, 0.1) is 18.2 Å². The first kappa shape index (κ1) is 18.4. The lowest BCUT2D eigenvalue weighted by Crippen LogP contribution is -2.45. The zero-order valence-corrected chi connectivity index (χ0v) is 15.1. The van der Waals surface area contributed by atoms with Crippen LogP contribution in [0.15, 0.2) is 30.5 Å². The molecule has 0 atom stereocenters. The summed E-state index contributed by atoms with van der Waals surface area (Å²) in [7, 11) is 0. The second kappa shape index (κ2) is 7.86. The number of nitrogens with one attached hydrogen (secondary N) is 1. The first-order chi connectivity index (χ1) is 12.5. The van der Waals surface area contributed by atoms with Crippen LogP contribution in [0.2, 0.25) is 5.02 Å². The maximum absolute atomic E-state index is 13.1. The second-order valence-corrected chi connectivity index (χ2v) is 7.07. The molecule has 1 saturated carbocycles. The van der Waals surface area contributed by atoms with Crippen LogP contribution >= 0.6 is 11.6 Å². The molecular formula is C18H21ClN4O3. The normalized spacial score (nSPS) is 16.2. The molecule has 26 heavy (non-hydrogen) atoms. The Morgan fingerprint density at radius 2 is 2.04 bits per heavy atom. The molecular weight excluding hydrogens is 356 g/mol. The van der Waals surface area contributed by atoms with Crippen LogP contribution in [-0.2, 0) is 28.1 Å². The summed E-state index contributed by atoms with van der Waals surface area (Å²) in [6.07, 6.45) is 6.21. The van der Waals surface area contributed by atoms with Gasteiger partial charge in [-0.2, -0.15) is 0 Å². The highest BCUT2D eigenvalue weighted by molar-refractivity contribution is 6.30. The Balaban J connectivity index is 1.74. The minimum absolute atomic E-state index is 0.0488. The molecule has 1 aromatic heterocycles. The summed E-state index contributed by atoms with van der Waals surface area (Å²) in [5.74, 6) is -1.04. The van der Waals surface area contributed by atoms with E-state index >= 15 is 0 Å². The lowest BCUT2D eigenvalue weighted by Gasteiger charge is -2.36. The van der Waals surface area contributed by atoms with Gasteiger partial charge in [-0.05, 0) is 30.5 Å². The van der Waals surface area contributed by atoms with Crippen LogP contribution in [-0.4, -0.2) is 32.0 Å². The van der Waals surface area contributed by atoms with Gasteiger partial charge in [0.2, 0.25) is 5.91 Å². The Kier molecular flexibility index (Phi) is 5.56. The monoisotopic (exact) mass is 376 g/mol. The van der Waals surface area contributed by atoms with Crippen molar-refractivity contribution in [2.24, 2.45) is 0 Å². The second-order valence-electron chi connectivity index (χ2n) is 6.64. The van der Waals surface area contributed by atoms with Crippen molar-refractivity contribution in [1.29, 1.82) is 0 Å². The first-order valence-electron chi connectivity index (χ1n) is 8.65. The van der Waals surface area contributed by atoms with Crippen molar-refractivity contribution in [2.75, 3.05) is 0 Å². The van der Waals surface area contributed by atoms with E-state index in [2.05, 4.69) is 15.6 Å².